The van der Waals surface area contributed by atoms with Crippen molar-refractivity contribution in [3.63, 3.8) is 0 Å². The fourth-order valence-electron chi connectivity index (χ4n) is 11.1. The van der Waals surface area contributed by atoms with Crippen LogP contribution >= 0.6 is 0 Å². The summed E-state index contributed by atoms with van der Waals surface area (Å²) in [4.78, 5) is 69.6. The molecule has 0 radical (unpaired) electrons. The third-order valence-corrected chi connectivity index (χ3v) is 15.8. The third-order valence-electron chi connectivity index (χ3n) is 15.8. The van der Waals surface area contributed by atoms with Gasteiger partial charge in [-0.15, -0.1) is 0 Å². The average molecular weight is 1290 g/mol. The smallest absolute Gasteiger partial charge is 0.247 e. The molecule has 5 N–H and O–H groups in total. The van der Waals surface area contributed by atoms with Crippen molar-refractivity contribution in [3.8, 4) is 34.5 Å². The molecule has 0 fully saturated rings. The first-order valence-corrected chi connectivity index (χ1v) is 32.3. The Morgan fingerprint density at radius 3 is 1.40 bits per heavy atom. The van der Waals surface area contributed by atoms with Gasteiger partial charge >= 0.3 is 0 Å². The van der Waals surface area contributed by atoms with Gasteiger partial charge in [0.2, 0.25) is 35.4 Å². The Kier molecular flexibility index (Phi) is 28.3. The molecule has 7 aromatic carbocycles. The SMILES string of the molecule is C.C=CC(=O)Nc1ccc2c(c1)OCCO2.C=CC(=O)Nc1cccc2c1CCC2.CC(=O)Nc1ccc2c(c1)OCCO2.CCC(=O)N(Cc1ccccc1)c1ccc2c(c1)OCCO2.CCC(=O)Nc1ccc2c(c1)CCCC2.CCC(=O)Nc1cccc2c1CCC2. The molecule has 500 valence electrons. The van der Waals surface area contributed by atoms with E-state index in [-0.39, 0.29) is 42.9 Å². The summed E-state index contributed by atoms with van der Waals surface area (Å²) < 4.78 is 32.6. The van der Waals surface area contributed by atoms with Crippen molar-refractivity contribution >= 4 is 69.6 Å². The monoisotopic (exact) mass is 1290 g/mol. The fraction of sp³-hybridized carbons (Fsp3) is 0.325. The second kappa shape index (κ2) is 37.4. The molecule has 95 heavy (non-hydrogen) atoms. The van der Waals surface area contributed by atoms with E-state index in [1.807, 2.05) is 99.6 Å². The summed E-state index contributed by atoms with van der Waals surface area (Å²) in [5.41, 5.74) is 14.5. The van der Waals surface area contributed by atoms with Gasteiger partial charge in [-0.2, -0.15) is 0 Å². The molecule has 0 atom stereocenters. The van der Waals surface area contributed by atoms with E-state index in [2.05, 4.69) is 64.0 Å². The van der Waals surface area contributed by atoms with Crippen LogP contribution in [0.5, 0.6) is 34.5 Å². The molecule has 6 aliphatic rings. The molecule has 0 spiro atoms. The summed E-state index contributed by atoms with van der Waals surface area (Å²) in [6.07, 6.45) is 15.9. The summed E-state index contributed by atoms with van der Waals surface area (Å²) in [6, 6.07) is 44.8. The van der Waals surface area contributed by atoms with Crippen LogP contribution in [-0.2, 0) is 73.8 Å². The molecule has 7 aromatic rings. The van der Waals surface area contributed by atoms with Crippen LogP contribution in [0, 0.1) is 0 Å². The van der Waals surface area contributed by atoms with Crippen LogP contribution in [0.2, 0.25) is 0 Å². The molecule has 0 saturated heterocycles. The van der Waals surface area contributed by atoms with E-state index >= 15 is 0 Å². The predicted molar refractivity (Wildman–Crippen MR) is 377 cm³/mol. The zero-order valence-corrected chi connectivity index (χ0v) is 54.3. The summed E-state index contributed by atoms with van der Waals surface area (Å²) >= 11 is 0. The van der Waals surface area contributed by atoms with Crippen LogP contribution in [0.4, 0.5) is 34.1 Å². The Morgan fingerprint density at radius 1 is 0.421 bits per heavy atom. The number of carbonyl (C=O) groups is 6. The van der Waals surface area contributed by atoms with Crippen molar-refractivity contribution < 1.29 is 57.2 Å². The molecule has 18 nitrogen and oxygen atoms in total. The fourth-order valence-corrected chi connectivity index (χ4v) is 11.1. The van der Waals surface area contributed by atoms with Crippen molar-refractivity contribution in [1.82, 2.24) is 0 Å². The van der Waals surface area contributed by atoms with Gasteiger partial charge in [0.05, 0.1) is 6.54 Å². The topological polar surface area (TPSA) is 221 Å². The molecule has 18 heteroatoms. The molecule has 6 amide bonds. The summed E-state index contributed by atoms with van der Waals surface area (Å²) in [6.45, 7) is 17.8. The summed E-state index contributed by atoms with van der Waals surface area (Å²) in [5, 5.41) is 14.0. The largest absolute Gasteiger partial charge is 0.486 e. The lowest BCUT2D eigenvalue weighted by molar-refractivity contribution is -0.118. The number of hydrogen-bond donors (Lipinski definition) is 5. The van der Waals surface area contributed by atoms with Gasteiger partial charge in [-0.3, -0.25) is 28.8 Å². The second-order valence-electron chi connectivity index (χ2n) is 22.5. The molecule has 13 rings (SSSR count). The van der Waals surface area contributed by atoms with E-state index in [9.17, 15) is 28.8 Å². The van der Waals surface area contributed by atoms with E-state index in [1.165, 1.54) is 84.6 Å². The maximum absolute atomic E-state index is 12.3. The number of benzene rings is 7. The van der Waals surface area contributed by atoms with Gasteiger partial charge in [-0.05, 0) is 176 Å². The molecule has 3 aliphatic carbocycles. The Labute approximate surface area is 558 Å². The highest BCUT2D eigenvalue weighted by atomic mass is 16.6. The number of carbonyl (C=O) groups excluding carboxylic acids is 6. The molecule has 0 bridgehead atoms. The molecule has 0 aromatic heterocycles. The first-order valence-electron chi connectivity index (χ1n) is 32.3. The molecular weight excluding hydrogens is 1200 g/mol. The van der Waals surface area contributed by atoms with Crippen LogP contribution in [0.15, 0.2) is 165 Å². The lowest BCUT2D eigenvalue weighted by Gasteiger charge is -2.25. The molecular formula is C77H90N6O12. The average Bonchev–Trinajstić information content (AvgIpc) is 1.62. The first kappa shape index (κ1) is 72.1. The van der Waals surface area contributed by atoms with E-state index in [0.29, 0.717) is 94.1 Å². The minimum absolute atomic E-state index is 0. The summed E-state index contributed by atoms with van der Waals surface area (Å²) in [7, 11) is 0. The number of nitrogens with zero attached hydrogens (tertiary/aromatic N) is 1. The second-order valence-corrected chi connectivity index (χ2v) is 22.5. The van der Waals surface area contributed by atoms with E-state index in [1.54, 1.807) is 41.3 Å². The normalized spacial score (nSPS) is 13.3. The van der Waals surface area contributed by atoms with Crippen molar-refractivity contribution in [2.75, 3.05) is 71.1 Å². The van der Waals surface area contributed by atoms with Crippen molar-refractivity contribution in [2.24, 2.45) is 0 Å². The van der Waals surface area contributed by atoms with E-state index in [0.717, 1.165) is 77.6 Å². The van der Waals surface area contributed by atoms with Gasteiger partial charge in [0.15, 0.2) is 34.5 Å². The standard InChI is InChI=1S/C18H19NO3.C13H17NO.C12H15NO.C12H13NO.C11H11NO3.C10H11NO3.CH4/c1-2-18(20)19(13-14-6-4-3-5-7-14)15-8-9-16-17(12-15)22-11-10-21-16;1-2-13(15)14-12-8-7-10-5-3-4-6-11(10)9-12;2*1-2-12(14)13-11-8-4-6-9-5-3-7-10(9)11;1-2-11(13)12-8-3-4-9-10(7-8)15-6-5-14-9;1-7(12)11-8-2-3-9-10(6-8)14-5-4-13-9;/h3-9,12H,2,10-11,13H2,1H3;7-9H,2-6H2,1H3,(H,14,15);4,6,8H,2-3,5,7H2,1H3,(H,13,14);2,4,6,8H,1,3,5,7H2,(H,13,14);2-4,7H,1,5-6H2,(H,12,13);2-3,6H,4-5H2,1H3,(H,11,12);1H4. The Bertz CT molecular complexity index is 3780. The number of anilines is 6. The Morgan fingerprint density at radius 2 is 0.874 bits per heavy atom. The van der Waals surface area contributed by atoms with Crippen LogP contribution in [0.25, 0.3) is 0 Å². The molecule has 0 unspecified atom stereocenters. The Balaban J connectivity index is 0.000000162. The van der Waals surface area contributed by atoms with Crippen LogP contribution < -0.4 is 59.9 Å². The molecule has 3 heterocycles. The van der Waals surface area contributed by atoms with E-state index in [4.69, 9.17) is 28.4 Å². The lowest BCUT2D eigenvalue weighted by Crippen LogP contribution is -2.29. The van der Waals surface area contributed by atoms with Crippen LogP contribution in [0.1, 0.15) is 119 Å². The van der Waals surface area contributed by atoms with Crippen molar-refractivity contribution in [2.45, 2.75) is 125 Å². The van der Waals surface area contributed by atoms with Gasteiger partial charge < -0.3 is 59.9 Å². The molecule has 3 aliphatic heterocycles. The number of hydrogen-bond acceptors (Lipinski definition) is 12. The quantitative estimate of drug-likeness (QED) is 0.0681. The van der Waals surface area contributed by atoms with Crippen LogP contribution in [0.3, 0.4) is 0 Å². The minimum Gasteiger partial charge on any atom is -0.486 e. The highest BCUT2D eigenvalue weighted by molar-refractivity contribution is 6.00. The van der Waals surface area contributed by atoms with E-state index < -0.39 is 0 Å². The van der Waals surface area contributed by atoms with Gasteiger partial charge in [-0.1, -0.05) is 102 Å². The number of nitrogens with one attached hydrogen (secondary N) is 5. The number of fused-ring (bicyclic) bond motifs is 6. The third kappa shape index (κ3) is 21.9. The van der Waals surface area contributed by atoms with Crippen molar-refractivity contribution in [3.05, 3.63) is 204 Å². The number of rotatable bonds is 13. The van der Waals surface area contributed by atoms with Gasteiger partial charge in [-0.25, -0.2) is 0 Å². The lowest BCUT2D eigenvalue weighted by atomic mass is 9.91. The maximum atomic E-state index is 12.3. The first-order chi connectivity index (χ1) is 45.7. The van der Waals surface area contributed by atoms with Crippen molar-refractivity contribution in [1.29, 1.82) is 0 Å². The predicted octanol–water partition coefficient (Wildman–Crippen LogP) is 14.8. The number of amides is 6. The minimum atomic E-state index is -0.244. The highest BCUT2D eigenvalue weighted by Gasteiger charge is 2.21. The number of ether oxygens (including phenoxy) is 6. The highest BCUT2D eigenvalue weighted by Crippen LogP contribution is 2.37. The zero-order chi connectivity index (χ0) is 66.6. The Hall–Kier alpha value is -10.4. The van der Waals surface area contributed by atoms with Gasteiger partial charge in [0.1, 0.15) is 39.6 Å². The zero-order valence-electron chi connectivity index (χ0n) is 54.3. The van der Waals surface area contributed by atoms with Gasteiger partial charge in [0, 0.05) is 78.5 Å². The summed E-state index contributed by atoms with van der Waals surface area (Å²) in [5.74, 6) is 4.01. The van der Waals surface area contributed by atoms with Gasteiger partial charge in [0.25, 0.3) is 0 Å². The molecule has 0 saturated carbocycles. The number of aryl methyl sites for hydroxylation is 4. The van der Waals surface area contributed by atoms with Crippen LogP contribution in [-0.4, -0.2) is 75.1 Å². The maximum Gasteiger partial charge on any atom is 0.247 e.